The average molecular weight is 759 g/mol. The monoisotopic (exact) mass is 759 g/mol. The molecule has 7 nitrogen and oxygen atoms in total. The van der Waals surface area contributed by atoms with Crippen molar-refractivity contribution in [3.05, 3.63) is 0 Å². The quantitative estimate of drug-likeness (QED) is 0.0392. The fourth-order valence-corrected chi connectivity index (χ4v) is 7.52. The highest BCUT2D eigenvalue weighted by Crippen LogP contribution is 2.30. The van der Waals surface area contributed by atoms with Crippen LogP contribution in [0.2, 0.25) is 0 Å². The molecule has 0 radical (unpaired) electrons. The molecule has 0 fully saturated rings. The molecule has 0 aromatic carbocycles. The highest BCUT2D eigenvalue weighted by molar-refractivity contribution is 4.88. The van der Waals surface area contributed by atoms with E-state index in [0.717, 1.165) is 32.1 Å². The molecule has 1 atom stereocenters. The van der Waals surface area contributed by atoms with Crippen LogP contribution < -0.4 is 0 Å². The molecule has 0 spiro atoms. The summed E-state index contributed by atoms with van der Waals surface area (Å²) in [7, 11) is 0. The second kappa shape index (κ2) is 39.9. The van der Waals surface area contributed by atoms with E-state index >= 15 is 0 Å². The zero-order valence-corrected chi connectivity index (χ0v) is 35.6. The summed E-state index contributed by atoms with van der Waals surface area (Å²) in [5, 5.41) is 50.3. The van der Waals surface area contributed by atoms with E-state index in [1.165, 1.54) is 180 Å². The topological polar surface area (TPSA) is 120 Å². The van der Waals surface area contributed by atoms with Gasteiger partial charge in [0.05, 0.1) is 63.2 Å². The largest absolute Gasteiger partial charge is 0.396 e. The molecule has 5 N–H and O–H groups in total. The first-order valence-electron chi connectivity index (χ1n) is 23.3. The van der Waals surface area contributed by atoms with E-state index in [-0.39, 0.29) is 32.5 Å². The van der Waals surface area contributed by atoms with Gasteiger partial charge >= 0.3 is 0 Å². The number of aliphatic hydroxyl groups excluding tert-OH is 5. The summed E-state index contributed by atoms with van der Waals surface area (Å²) in [6, 6.07) is 0. The van der Waals surface area contributed by atoms with Gasteiger partial charge in [0, 0.05) is 6.61 Å². The summed E-state index contributed by atoms with van der Waals surface area (Å²) < 4.78 is 12.3. The molecule has 320 valence electrons. The Labute approximate surface area is 329 Å². The van der Waals surface area contributed by atoms with Gasteiger partial charge in [-0.3, -0.25) is 0 Å². The van der Waals surface area contributed by atoms with Crippen molar-refractivity contribution < 1.29 is 35.0 Å². The fourth-order valence-electron chi connectivity index (χ4n) is 7.52. The lowest BCUT2D eigenvalue weighted by atomic mass is 9.81. The van der Waals surface area contributed by atoms with Crippen LogP contribution >= 0.6 is 0 Å². The number of ether oxygens (including phenoxy) is 2. The van der Waals surface area contributed by atoms with Crippen LogP contribution in [0.3, 0.4) is 0 Å². The van der Waals surface area contributed by atoms with Crippen LogP contribution in [0.25, 0.3) is 0 Å². The molecule has 0 rings (SSSR count). The Hall–Kier alpha value is -0.280. The van der Waals surface area contributed by atoms with Gasteiger partial charge in [-0.15, -0.1) is 0 Å². The van der Waals surface area contributed by atoms with Crippen molar-refractivity contribution in [3.63, 3.8) is 0 Å². The number of rotatable bonds is 45. The Morgan fingerprint density at radius 3 is 0.962 bits per heavy atom. The molecule has 0 saturated carbocycles. The molecule has 0 aromatic rings. The van der Waals surface area contributed by atoms with E-state index in [9.17, 15) is 25.5 Å². The molecule has 53 heavy (non-hydrogen) atoms. The minimum atomic E-state index is -1.16. The lowest BCUT2D eigenvalue weighted by Gasteiger charge is -2.39. The first-order valence-corrected chi connectivity index (χ1v) is 23.3. The van der Waals surface area contributed by atoms with Crippen LogP contribution in [0.15, 0.2) is 0 Å². The lowest BCUT2D eigenvalue weighted by Crippen LogP contribution is -2.49. The van der Waals surface area contributed by atoms with Crippen LogP contribution in [0.5, 0.6) is 0 Å². The number of hydrogen-bond acceptors (Lipinski definition) is 7. The molecule has 0 amide bonds. The molecule has 0 aliphatic carbocycles. The van der Waals surface area contributed by atoms with Gasteiger partial charge in [-0.2, -0.15) is 0 Å². The minimum Gasteiger partial charge on any atom is -0.396 e. The van der Waals surface area contributed by atoms with E-state index in [2.05, 4.69) is 13.8 Å². The van der Waals surface area contributed by atoms with Crippen molar-refractivity contribution in [1.29, 1.82) is 0 Å². The van der Waals surface area contributed by atoms with E-state index in [4.69, 9.17) is 9.47 Å². The van der Waals surface area contributed by atoms with Crippen molar-refractivity contribution in [3.8, 4) is 0 Å². The van der Waals surface area contributed by atoms with Gasteiger partial charge in [0.25, 0.3) is 0 Å². The van der Waals surface area contributed by atoms with Crippen molar-refractivity contribution in [1.82, 2.24) is 0 Å². The molecule has 7 heteroatoms. The Morgan fingerprint density at radius 1 is 0.358 bits per heavy atom. The number of unbranched alkanes of at least 4 members (excludes halogenated alkanes) is 30. The van der Waals surface area contributed by atoms with Crippen LogP contribution in [0, 0.1) is 10.8 Å². The third-order valence-electron chi connectivity index (χ3n) is 11.8. The third kappa shape index (κ3) is 29.6. The van der Waals surface area contributed by atoms with Gasteiger partial charge in [-0.1, -0.05) is 213 Å². The SMILES string of the molecule is CCCCCCCCCCCCCCCCCCOC(CCCCCCCCCCCCCCCCCC)C(CO)(CO)COCC(CO)(CO)CO. The Bertz CT molecular complexity index is 689. The number of aliphatic hydroxyl groups is 5. The van der Waals surface area contributed by atoms with Crippen LogP contribution in [-0.4, -0.2) is 84.5 Å². The molecule has 0 aromatic heterocycles. The Kier molecular flexibility index (Phi) is 39.7. The van der Waals surface area contributed by atoms with Gasteiger partial charge in [-0.25, -0.2) is 0 Å². The highest BCUT2D eigenvalue weighted by Gasteiger charge is 2.40. The molecule has 0 aliphatic heterocycles. The number of hydrogen-bond donors (Lipinski definition) is 5. The summed E-state index contributed by atoms with van der Waals surface area (Å²) in [5.74, 6) is 0. The molecule has 0 heterocycles. The summed E-state index contributed by atoms with van der Waals surface area (Å²) in [4.78, 5) is 0. The Balaban J connectivity index is 4.48. The van der Waals surface area contributed by atoms with Crippen molar-refractivity contribution >= 4 is 0 Å². The van der Waals surface area contributed by atoms with E-state index in [0.29, 0.717) is 6.61 Å². The predicted molar refractivity (Wildman–Crippen MR) is 225 cm³/mol. The van der Waals surface area contributed by atoms with Crippen molar-refractivity contribution in [2.45, 2.75) is 232 Å². The molecular weight excluding hydrogens is 664 g/mol. The first-order chi connectivity index (χ1) is 26.0. The molecule has 1 unspecified atom stereocenters. The zero-order valence-electron chi connectivity index (χ0n) is 35.6. The fraction of sp³-hybridized carbons (Fsp3) is 1.00. The van der Waals surface area contributed by atoms with Crippen LogP contribution in [0.4, 0.5) is 0 Å². The van der Waals surface area contributed by atoms with E-state index in [1.807, 2.05) is 0 Å². The molecule has 0 bridgehead atoms. The van der Waals surface area contributed by atoms with Crippen molar-refractivity contribution in [2.75, 3.05) is 52.9 Å². The standard InChI is InChI=1S/C46H94O7/c1-3-5-7-9-11-13-15-17-19-21-23-25-27-29-31-33-35-44(46(40-50,41-51)43-52-42-45(37-47,38-48)39-49)53-36-34-32-30-28-26-24-22-20-18-16-14-12-10-8-6-4-2/h44,47-51H,3-43H2,1-2H3. The molecular formula is C46H94O7. The lowest BCUT2D eigenvalue weighted by molar-refractivity contribution is -0.145. The normalized spacial score (nSPS) is 13.0. The third-order valence-corrected chi connectivity index (χ3v) is 11.8. The van der Waals surface area contributed by atoms with Crippen LogP contribution in [-0.2, 0) is 9.47 Å². The minimum absolute atomic E-state index is 0.0320. The van der Waals surface area contributed by atoms with Crippen LogP contribution in [0.1, 0.15) is 226 Å². The maximum Gasteiger partial charge on any atom is 0.0697 e. The summed E-state index contributed by atoms with van der Waals surface area (Å²) in [6.07, 6.45) is 42.5. The van der Waals surface area contributed by atoms with Gasteiger partial charge in [-0.05, 0) is 12.8 Å². The summed E-state index contributed by atoms with van der Waals surface area (Å²) in [5.41, 5.74) is -2.15. The second-order valence-electron chi connectivity index (χ2n) is 16.9. The van der Waals surface area contributed by atoms with E-state index in [1.54, 1.807) is 0 Å². The van der Waals surface area contributed by atoms with Gasteiger partial charge in [0.1, 0.15) is 0 Å². The predicted octanol–water partition coefficient (Wildman–Crippen LogP) is 11.2. The van der Waals surface area contributed by atoms with Gasteiger partial charge < -0.3 is 35.0 Å². The van der Waals surface area contributed by atoms with Gasteiger partial charge in [0.2, 0.25) is 0 Å². The van der Waals surface area contributed by atoms with E-state index < -0.39 is 30.7 Å². The van der Waals surface area contributed by atoms with Crippen molar-refractivity contribution in [2.24, 2.45) is 10.8 Å². The second-order valence-corrected chi connectivity index (χ2v) is 16.9. The van der Waals surface area contributed by atoms with Gasteiger partial charge in [0.15, 0.2) is 0 Å². The summed E-state index contributed by atoms with van der Waals surface area (Å²) >= 11 is 0. The zero-order chi connectivity index (χ0) is 39.0. The Morgan fingerprint density at radius 2 is 0.660 bits per heavy atom. The molecule has 0 saturated heterocycles. The maximum absolute atomic E-state index is 10.6. The smallest absolute Gasteiger partial charge is 0.0697 e. The first kappa shape index (κ1) is 52.7. The maximum atomic E-state index is 10.6. The summed E-state index contributed by atoms with van der Waals surface area (Å²) in [6.45, 7) is 3.31. The molecule has 0 aliphatic rings. The highest BCUT2D eigenvalue weighted by atomic mass is 16.5. The average Bonchev–Trinajstić information content (AvgIpc) is 3.18.